The lowest BCUT2D eigenvalue weighted by molar-refractivity contribution is 0.0715. The van der Waals surface area contributed by atoms with Crippen LogP contribution in [0.5, 0.6) is 5.75 Å². The minimum Gasteiger partial charge on any atom is -0.497 e. The molecule has 0 radical (unpaired) electrons. The molecule has 0 amide bonds. The molecule has 3 rings (SSSR count). The zero-order valence-electron chi connectivity index (χ0n) is 9.03. The van der Waals surface area contributed by atoms with Gasteiger partial charge in [-0.05, 0) is 43.0 Å². The average Bonchev–Trinajstić information content (AvgIpc) is 3.05. The fourth-order valence-corrected chi connectivity index (χ4v) is 1.84. The maximum Gasteiger partial charge on any atom is 0.344 e. The van der Waals surface area contributed by atoms with E-state index in [9.17, 15) is 4.79 Å². The molecule has 1 aliphatic carbocycles. The van der Waals surface area contributed by atoms with E-state index in [1.54, 1.807) is 13.2 Å². The summed E-state index contributed by atoms with van der Waals surface area (Å²) in [6.07, 6.45) is 4.45. The number of benzene rings is 1. The lowest BCUT2D eigenvalue weighted by Gasteiger charge is -2.00. The highest BCUT2D eigenvalue weighted by atomic mass is 16.5. The van der Waals surface area contributed by atoms with Gasteiger partial charge in [-0.25, -0.2) is 4.79 Å². The van der Waals surface area contributed by atoms with Crippen LogP contribution in [0.1, 0.15) is 28.8 Å². The van der Waals surface area contributed by atoms with Crippen LogP contribution in [0.15, 0.2) is 24.3 Å². The Hall–Kier alpha value is -1.77. The summed E-state index contributed by atoms with van der Waals surface area (Å²) in [4.78, 5) is 11.6. The first kappa shape index (κ1) is 9.46. The largest absolute Gasteiger partial charge is 0.497 e. The molecular formula is C13H12O3. The monoisotopic (exact) mass is 216 g/mol. The molecule has 0 unspecified atom stereocenters. The Morgan fingerprint density at radius 1 is 1.38 bits per heavy atom. The van der Waals surface area contributed by atoms with Crippen molar-refractivity contribution in [3.8, 4) is 5.75 Å². The summed E-state index contributed by atoms with van der Waals surface area (Å²) in [5.74, 6) is 1.71. The van der Waals surface area contributed by atoms with Crippen LogP contribution in [-0.2, 0) is 4.74 Å². The zero-order valence-corrected chi connectivity index (χ0v) is 9.03. The molecule has 0 bridgehead atoms. The normalized spacial score (nSPS) is 20.8. The first-order valence-corrected chi connectivity index (χ1v) is 5.40. The van der Waals surface area contributed by atoms with Gasteiger partial charge in [-0.3, -0.25) is 0 Å². The van der Waals surface area contributed by atoms with Crippen LogP contribution in [0.3, 0.4) is 0 Å². The van der Waals surface area contributed by atoms with Crippen molar-refractivity contribution in [1.29, 1.82) is 0 Å². The van der Waals surface area contributed by atoms with E-state index in [0.29, 0.717) is 23.0 Å². The number of carbonyl (C=O) groups is 1. The molecular weight excluding hydrogens is 204 g/mol. The van der Waals surface area contributed by atoms with E-state index in [1.165, 1.54) is 12.8 Å². The molecule has 0 atom stereocenters. The summed E-state index contributed by atoms with van der Waals surface area (Å²) in [7, 11) is 1.59. The van der Waals surface area contributed by atoms with Gasteiger partial charge in [0.2, 0.25) is 0 Å². The molecule has 16 heavy (non-hydrogen) atoms. The highest BCUT2D eigenvalue weighted by Crippen LogP contribution is 2.38. The van der Waals surface area contributed by atoms with Gasteiger partial charge in [0.15, 0.2) is 0 Å². The van der Waals surface area contributed by atoms with Crippen molar-refractivity contribution in [2.75, 3.05) is 7.11 Å². The molecule has 3 nitrogen and oxygen atoms in total. The number of hydrogen-bond acceptors (Lipinski definition) is 3. The standard InChI is InChI=1S/C13H12O3/c1-15-9-4-5-10-11(7-9)13(14)16-12(10)6-8-2-3-8/h4-8H,2-3H2,1H3/b12-6-. The number of ether oxygens (including phenoxy) is 2. The number of methoxy groups -OCH3 is 1. The molecule has 1 aliphatic heterocycles. The Morgan fingerprint density at radius 3 is 2.88 bits per heavy atom. The van der Waals surface area contributed by atoms with Crippen LogP contribution in [-0.4, -0.2) is 13.1 Å². The van der Waals surface area contributed by atoms with Gasteiger partial charge in [0, 0.05) is 5.56 Å². The summed E-state index contributed by atoms with van der Waals surface area (Å²) in [6.45, 7) is 0. The van der Waals surface area contributed by atoms with Crippen LogP contribution in [0, 0.1) is 5.92 Å². The summed E-state index contributed by atoms with van der Waals surface area (Å²) in [6, 6.07) is 5.46. The predicted molar refractivity (Wildman–Crippen MR) is 59.1 cm³/mol. The van der Waals surface area contributed by atoms with Gasteiger partial charge in [-0.15, -0.1) is 0 Å². The van der Waals surface area contributed by atoms with Crippen molar-refractivity contribution in [1.82, 2.24) is 0 Å². The number of esters is 1. The molecule has 1 saturated carbocycles. The zero-order chi connectivity index (χ0) is 11.1. The first-order valence-electron chi connectivity index (χ1n) is 5.40. The van der Waals surface area contributed by atoms with Crippen molar-refractivity contribution < 1.29 is 14.3 Å². The van der Waals surface area contributed by atoms with Crippen LogP contribution < -0.4 is 4.74 Å². The number of cyclic esters (lactones) is 1. The molecule has 0 aromatic heterocycles. The van der Waals surface area contributed by atoms with Crippen LogP contribution in [0.2, 0.25) is 0 Å². The van der Waals surface area contributed by atoms with Crippen molar-refractivity contribution in [3.05, 3.63) is 35.4 Å². The fourth-order valence-electron chi connectivity index (χ4n) is 1.84. The minimum absolute atomic E-state index is 0.277. The van der Waals surface area contributed by atoms with Crippen LogP contribution in [0.25, 0.3) is 5.76 Å². The summed E-state index contributed by atoms with van der Waals surface area (Å²) >= 11 is 0. The molecule has 1 aromatic rings. The lowest BCUT2D eigenvalue weighted by atomic mass is 10.1. The third-order valence-corrected chi connectivity index (χ3v) is 2.92. The molecule has 1 fully saturated rings. The van der Waals surface area contributed by atoms with E-state index >= 15 is 0 Å². The fraction of sp³-hybridized carbons (Fsp3) is 0.308. The van der Waals surface area contributed by atoms with E-state index in [-0.39, 0.29) is 5.97 Å². The van der Waals surface area contributed by atoms with E-state index in [2.05, 4.69) is 6.08 Å². The summed E-state index contributed by atoms with van der Waals surface area (Å²) in [5.41, 5.74) is 1.49. The molecule has 2 aliphatic rings. The van der Waals surface area contributed by atoms with Crippen LogP contribution in [0.4, 0.5) is 0 Å². The Labute approximate surface area is 93.7 Å². The Balaban J connectivity index is 2.04. The Bertz CT molecular complexity index is 484. The number of hydrogen-bond donors (Lipinski definition) is 0. The molecule has 0 spiro atoms. The van der Waals surface area contributed by atoms with Gasteiger partial charge in [0.1, 0.15) is 11.5 Å². The highest BCUT2D eigenvalue weighted by molar-refractivity contribution is 6.03. The molecule has 0 N–H and O–H groups in total. The van der Waals surface area contributed by atoms with E-state index in [0.717, 1.165) is 5.56 Å². The molecule has 0 saturated heterocycles. The van der Waals surface area contributed by atoms with Crippen molar-refractivity contribution in [2.45, 2.75) is 12.8 Å². The number of carbonyl (C=O) groups excluding carboxylic acids is 1. The Morgan fingerprint density at radius 2 is 2.19 bits per heavy atom. The smallest absolute Gasteiger partial charge is 0.344 e. The first-order chi connectivity index (χ1) is 7.78. The van der Waals surface area contributed by atoms with Gasteiger partial charge in [0.05, 0.1) is 12.7 Å². The molecule has 1 aromatic carbocycles. The van der Waals surface area contributed by atoms with Crippen molar-refractivity contribution in [2.24, 2.45) is 5.92 Å². The third kappa shape index (κ3) is 1.48. The van der Waals surface area contributed by atoms with Gasteiger partial charge in [-0.2, -0.15) is 0 Å². The van der Waals surface area contributed by atoms with Crippen molar-refractivity contribution >= 4 is 11.7 Å². The predicted octanol–water partition coefficient (Wildman–Crippen LogP) is 2.62. The second-order valence-electron chi connectivity index (χ2n) is 4.17. The quantitative estimate of drug-likeness (QED) is 0.713. The molecule has 82 valence electrons. The summed E-state index contributed by atoms with van der Waals surface area (Å²) in [5, 5.41) is 0. The topological polar surface area (TPSA) is 35.5 Å². The van der Waals surface area contributed by atoms with Gasteiger partial charge in [-0.1, -0.05) is 0 Å². The minimum atomic E-state index is -0.277. The SMILES string of the molecule is COc1ccc2c(c1)C(=O)O/C2=C\C1CC1. The maximum atomic E-state index is 11.6. The summed E-state index contributed by atoms with van der Waals surface area (Å²) < 4.78 is 10.3. The highest BCUT2D eigenvalue weighted by Gasteiger charge is 2.29. The number of fused-ring (bicyclic) bond motifs is 1. The third-order valence-electron chi connectivity index (χ3n) is 2.92. The van der Waals surface area contributed by atoms with Crippen molar-refractivity contribution in [3.63, 3.8) is 0 Å². The number of allylic oxidation sites excluding steroid dienone is 1. The maximum absolute atomic E-state index is 11.6. The van der Waals surface area contributed by atoms with Gasteiger partial charge in [0.25, 0.3) is 0 Å². The molecule has 3 heteroatoms. The van der Waals surface area contributed by atoms with Gasteiger partial charge < -0.3 is 9.47 Å². The van der Waals surface area contributed by atoms with E-state index < -0.39 is 0 Å². The lowest BCUT2D eigenvalue weighted by Crippen LogP contribution is -1.94. The van der Waals surface area contributed by atoms with E-state index in [4.69, 9.17) is 9.47 Å². The number of rotatable bonds is 2. The average molecular weight is 216 g/mol. The van der Waals surface area contributed by atoms with E-state index in [1.807, 2.05) is 12.1 Å². The Kier molecular flexibility index (Phi) is 1.99. The molecule has 1 heterocycles. The second kappa shape index (κ2) is 3.37. The van der Waals surface area contributed by atoms with Gasteiger partial charge >= 0.3 is 5.97 Å². The second-order valence-corrected chi connectivity index (χ2v) is 4.17. The van der Waals surface area contributed by atoms with Crippen LogP contribution >= 0.6 is 0 Å².